The highest BCUT2D eigenvalue weighted by Gasteiger charge is 2.12. The fraction of sp³-hybridized carbons (Fsp3) is 0.0667. The zero-order valence-electron chi connectivity index (χ0n) is 10.9. The van der Waals surface area contributed by atoms with Crippen LogP contribution in [0.25, 0.3) is 26.9 Å². The van der Waals surface area contributed by atoms with E-state index in [1.807, 2.05) is 23.6 Å². The van der Waals surface area contributed by atoms with Crippen molar-refractivity contribution < 1.29 is 0 Å². The van der Waals surface area contributed by atoms with Crippen molar-refractivity contribution in [1.29, 1.82) is 0 Å². The highest BCUT2D eigenvalue weighted by Crippen LogP contribution is 2.27. The van der Waals surface area contributed by atoms with Crippen molar-refractivity contribution in [3.63, 3.8) is 0 Å². The van der Waals surface area contributed by atoms with Gasteiger partial charge in [-0.2, -0.15) is 0 Å². The van der Waals surface area contributed by atoms with E-state index in [0.717, 1.165) is 22.5 Å². The number of thiophene rings is 1. The molecular formula is C15H12N4S. The van der Waals surface area contributed by atoms with Crippen LogP contribution in [0.4, 0.5) is 5.95 Å². The number of fused-ring (bicyclic) bond motifs is 2. The first kappa shape index (κ1) is 11.4. The molecule has 4 rings (SSSR count). The molecule has 0 spiro atoms. The molecule has 2 N–H and O–H groups in total. The molecule has 3 heterocycles. The minimum Gasteiger partial charge on any atom is -0.369 e. The van der Waals surface area contributed by atoms with Crippen LogP contribution in [0.1, 0.15) is 5.69 Å². The molecule has 0 aliphatic rings. The van der Waals surface area contributed by atoms with Crippen LogP contribution in [-0.4, -0.2) is 14.5 Å². The molecule has 5 heteroatoms. The lowest BCUT2D eigenvalue weighted by atomic mass is 10.2. The fourth-order valence-electron chi connectivity index (χ4n) is 2.42. The highest BCUT2D eigenvalue weighted by molar-refractivity contribution is 7.17. The standard InChI is InChI=1S/C15H12N4S/c1-9-2-4-12-14(17-9)19(15(16)18-12)11-3-5-13-10(8-11)6-7-20-13/h2-8H,1H3,(H2,16,18). The summed E-state index contributed by atoms with van der Waals surface area (Å²) in [5.41, 5.74) is 9.64. The van der Waals surface area contributed by atoms with Gasteiger partial charge in [0.2, 0.25) is 5.95 Å². The van der Waals surface area contributed by atoms with Crippen LogP contribution < -0.4 is 5.73 Å². The Morgan fingerprint density at radius 2 is 2.00 bits per heavy atom. The van der Waals surface area contributed by atoms with Crippen molar-refractivity contribution in [3.05, 3.63) is 47.5 Å². The molecule has 98 valence electrons. The molecular weight excluding hydrogens is 268 g/mol. The second kappa shape index (κ2) is 4.05. The number of pyridine rings is 1. The number of benzene rings is 1. The largest absolute Gasteiger partial charge is 0.369 e. The van der Waals surface area contributed by atoms with Crippen molar-refractivity contribution in [2.45, 2.75) is 6.92 Å². The Balaban J connectivity index is 2.05. The van der Waals surface area contributed by atoms with Crippen LogP contribution in [0.5, 0.6) is 0 Å². The van der Waals surface area contributed by atoms with Gasteiger partial charge in [-0.15, -0.1) is 11.3 Å². The third kappa shape index (κ3) is 1.60. The van der Waals surface area contributed by atoms with Crippen molar-refractivity contribution in [1.82, 2.24) is 14.5 Å². The fourth-order valence-corrected chi connectivity index (χ4v) is 3.19. The molecule has 3 aromatic heterocycles. The minimum absolute atomic E-state index is 0.465. The molecule has 0 unspecified atom stereocenters. The SMILES string of the molecule is Cc1ccc2nc(N)n(-c3ccc4sccc4c3)c2n1. The number of rotatable bonds is 1. The molecule has 0 saturated heterocycles. The Kier molecular flexibility index (Phi) is 2.31. The number of aromatic nitrogens is 3. The molecule has 0 bridgehead atoms. The molecule has 0 atom stereocenters. The lowest BCUT2D eigenvalue weighted by Gasteiger charge is -2.06. The molecule has 0 radical (unpaired) electrons. The number of nitrogens with two attached hydrogens (primary N) is 1. The van der Waals surface area contributed by atoms with E-state index in [0.29, 0.717) is 5.95 Å². The van der Waals surface area contributed by atoms with E-state index in [4.69, 9.17) is 5.73 Å². The summed E-state index contributed by atoms with van der Waals surface area (Å²) in [7, 11) is 0. The second-order valence-corrected chi connectivity index (χ2v) is 5.69. The van der Waals surface area contributed by atoms with Gasteiger partial charge < -0.3 is 5.73 Å². The minimum atomic E-state index is 0.465. The molecule has 0 aliphatic carbocycles. The number of nitrogen functional groups attached to an aromatic ring is 1. The third-order valence-electron chi connectivity index (χ3n) is 3.36. The van der Waals surface area contributed by atoms with E-state index in [1.54, 1.807) is 11.3 Å². The predicted molar refractivity (Wildman–Crippen MR) is 83.4 cm³/mol. The molecule has 0 aliphatic heterocycles. The van der Waals surface area contributed by atoms with Crippen molar-refractivity contribution >= 4 is 38.5 Å². The third-order valence-corrected chi connectivity index (χ3v) is 4.26. The van der Waals surface area contributed by atoms with Gasteiger partial charge in [-0.3, -0.25) is 4.57 Å². The van der Waals surface area contributed by atoms with E-state index in [1.165, 1.54) is 10.1 Å². The Morgan fingerprint density at radius 3 is 2.90 bits per heavy atom. The van der Waals surface area contributed by atoms with Crippen LogP contribution in [0.3, 0.4) is 0 Å². The average Bonchev–Trinajstić information content (AvgIpc) is 3.00. The first-order valence-corrected chi connectivity index (χ1v) is 7.19. The normalized spacial score (nSPS) is 11.4. The number of hydrogen-bond donors (Lipinski definition) is 1. The van der Waals surface area contributed by atoms with Crippen molar-refractivity contribution in [2.75, 3.05) is 5.73 Å². The Bertz CT molecular complexity index is 936. The summed E-state index contributed by atoms with van der Waals surface area (Å²) in [4.78, 5) is 8.94. The van der Waals surface area contributed by atoms with Crippen LogP contribution in [0.15, 0.2) is 41.8 Å². The van der Waals surface area contributed by atoms with E-state index in [2.05, 4.69) is 39.6 Å². The zero-order chi connectivity index (χ0) is 13.7. The lowest BCUT2D eigenvalue weighted by Crippen LogP contribution is -2.01. The number of anilines is 1. The van der Waals surface area contributed by atoms with Gasteiger partial charge in [0, 0.05) is 10.4 Å². The maximum absolute atomic E-state index is 6.07. The summed E-state index contributed by atoms with van der Waals surface area (Å²) in [6.07, 6.45) is 0. The first-order chi connectivity index (χ1) is 9.72. The molecule has 1 aromatic carbocycles. The summed E-state index contributed by atoms with van der Waals surface area (Å²) < 4.78 is 3.17. The van der Waals surface area contributed by atoms with Gasteiger partial charge >= 0.3 is 0 Å². The maximum Gasteiger partial charge on any atom is 0.207 e. The summed E-state index contributed by atoms with van der Waals surface area (Å²) in [5, 5.41) is 3.30. The molecule has 20 heavy (non-hydrogen) atoms. The molecule has 4 aromatic rings. The smallest absolute Gasteiger partial charge is 0.207 e. The zero-order valence-corrected chi connectivity index (χ0v) is 11.7. The molecule has 4 nitrogen and oxygen atoms in total. The van der Waals surface area contributed by atoms with E-state index >= 15 is 0 Å². The number of hydrogen-bond acceptors (Lipinski definition) is 4. The maximum atomic E-state index is 6.07. The number of aryl methyl sites for hydroxylation is 1. The van der Waals surface area contributed by atoms with Crippen molar-refractivity contribution in [2.24, 2.45) is 0 Å². The van der Waals surface area contributed by atoms with E-state index in [9.17, 15) is 0 Å². The molecule has 0 amide bonds. The van der Waals surface area contributed by atoms with Gasteiger partial charge in [0.25, 0.3) is 0 Å². The highest BCUT2D eigenvalue weighted by atomic mass is 32.1. The van der Waals surface area contributed by atoms with E-state index in [-0.39, 0.29) is 0 Å². The van der Waals surface area contributed by atoms with Crippen LogP contribution in [0.2, 0.25) is 0 Å². The van der Waals surface area contributed by atoms with Gasteiger partial charge in [-0.25, -0.2) is 9.97 Å². The summed E-state index contributed by atoms with van der Waals surface area (Å²) in [6, 6.07) is 12.3. The molecule has 0 saturated carbocycles. The summed E-state index contributed by atoms with van der Waals surface area (Å²) >= 11 is 1.73. The topological polar surface area (TPSA) is 56.7 Å². The second-order valence-electron chi connectivity index (χ2n) is 4.74. The van der Waals surface area contributed by atoms with Gasteiger partial charge in [-0.05, 0) is 54.1 Å². The van der Waals surface area contributed by atoms with Gasteiger partial charge in [0.05, 0.1) is 5.69 Å². The van der Waals surface area contributed by atoms with E-state index < -0.39 is 0 Å². The Labute approximate surface area is 119 Å². The average molecular weight is 280 g/mol. The Hall–Kier alpha value is -2.40. The van der Waals surface area contributed by atoms with Crippen LogP contribution >= 0.6 is 11.3 Å². The Morgan fingerprint density at radius 1 is 1.10 bits per heavy atom. The lowest BCUT2D eigenvalue weighted by molar-refractivity contribution is 1.07. The summed E-state index contributed by atoms with van der Waals surface area (Å²) in [5.74, 6) is 0.465. The number of nitrogens with zero attached hydrogens (tertiary/aromatic N) is 3. The van der Waals surface area contributed by atoms with Crippen LogP contribution in [0, 0.1) is 6.92 Å². The van der Waals surface area contributed by atoms with Gasteiger partial charge in [-0.1, -0.05) is 0 Å². The first-order valence-electron chi connectivity index (χ1n) is 6.31. The van der Waals surface area contributed by atoms with Crippen molar-refractivity contribution in [3.8, 4) is 5.69 Å². The van der Waals surface area contributed by atoms with Gasteiger partial charge in [0.1, 0.15) is 5.52 Å². The monoisotopic (exact) mass is 280 g/mol. The van der Waals surface area contributed by atoms with Crippen LogP contribution in [-0.2, 0) is 0 Å². The summed E-state index contributed by atoms with van der Waals surface area (Å²) in [6.45, 7) is 1.97. The number of imidazole rings is 1. The quantitative estimate of drug-likeness (QED) is 0.580. The van der Waals surface area contributed by atoms with Gasteiger partial charge in [0.15, 0.2) is 5.65 Å². The molecule has 0 fully saturated rings. The predicted octanol–water partition coefficient (Wildman–Crippen LogP) is 3.53.